The quantitative estimate of drug-likeness (QED) is 0.401. The predicted octanol–water partition coefficient (Wildman–Crippen LogP) is 8.23. The number of fused-ring (bicyclic) bond motifs is 5. The van der Waals surface area contributed by atoms with Gasteiger partial charge in [0.1, 0.15) is 5.78 Å². The maximum atomic E-state index is 12.7. The standard InChI is InChI=1S/C29H48O/c1-19(2)10-9-11-20(3)24-13-14-26-23-18-22(21(4)30)25-12-7-8-16-28(25,5)27(23)15-17-29(24,26)6/h12,19-20,22-24,26-27H,7-11,13-18H2,1-6H3/t20-,22-,23+,24-,26+,27+,28+,29-/m1/s1. The van der Waals surface area contributed by atoms with Gasteiger partial charge >= 0.3 is 0 Å². The molecule has 4 aliphatic carbocycles. The van der Waals surface area contributed by atoms with Crippen LogP contribution in [0.2, 0.25) is 0 Å². The van der Waals surface area contributed by atoms with Gasteiger partial charge in [-0.3, -0.25) is 4.79 Å². The first kappa shape index (κ1) is 22.6. The Hall–Kier alpha value is -0.590. The summed E-state index contributed by atoms with van der Waals surface area (Å²) in [7, 11) is 0. The molecule has 0 heterocycles. The summed E-state index contributed by atoms with van der Waals surface area (Å²) in [5.41, 5.74) is 2.38. The molecule has 0 saturated heterocycles. The van der Waals surface area contributed by atoms with Crippen molar-refractivity contribution in [3.05, 3.63) is 11.6 Å². The second-order valence-corrected chi connectivity index (χ2v) is 12.8. The first-order chi connectivity index (χ1) is 14.2. The molecule has 1 heteroatoms. The highest BCUT2D eigenvalue weighted by Gasteiger charge is 2.60. The summed E-state index contributed by atoms with van der Waals surface area (Å²) < 4.78 is 0. The Labute approximate surface area is 186 Å². The lowest BCUT2D eigenvalue weighted by atomic mass is 9.44. The largest absolute Gasteiger partial charge is 0.299 e. The van der Waals surface area contributed by atoms with Crippen molar-refractivity contribution in [2.24, 2.45) is 52.3 Å². The maximum absolute atomic E-state index is 12.7. The number of hydrogen-bond donors (Lipinski definition) is 0. The van der Waals surface area contributed by atoms with E-state index in [-0.39, 0.29) is 5.92 Å². The van der Waals surface area contributed by atoms with Crippen LogP contribution in [0.3, 0.4) is 0 Å². The molecule has 170 valence electrons. The Bertz CT molecular complexity index is 674. The third kappa shape index (κ3) is 3.65. The van der Waals surface area contributed by atoms with Crippen LogP contribution in [-0.2, 0) is 4.79 Å². The van der Waals surface area contributed by atoms with Gasteiger partial charge in [0.15, 0.2) is 0 Å². The number of allylic oxidation sites excluding steroid dienone is 2. The molecule has 0 spiro atoms. The minimum atomic E-state index is 0.224. The Morgan fingerprint density at radius 1 is 1.07 bits per heavy atom. The van der Waals surface area contributed by atoms with Gasteiger partial charge in [0.2, 0.25) is 0 Å². The second-order valence-electron chi connectivity index (χ2n) is 12.8. The van der Waals surface area contributed by atoms with Crippen LogP contribution < -0.4 is 0 Å². The van der Waals surface area contributed by atoms with E-state index < -0.39 is 0 Å². The normalized spacial score (nSPS) is 44.1. The van der Waals surface area contributed by atoms with Gasteiger partial charge < -0.3 is 0 Å². The smallest absolute Gasteiger partial charge is 0.136 e. The van der Waals surface area contributed by atoms with Crippen molar-refractivity contribution in [3.8, 4) is 0 Å². The lowest BCUT2D eigenvalue weighted by Gasteiger charge is -2.60. The molecular weight excluding hydrogens is 364 g/mol. The second kappa shape index (κ2) is 8.40. The lowest BCUT2D eigenvalue weighted by Crippen LogP contribution is -2.53. The first-order valence-electron chi connectivity index (χ1n) is 13.4. The van der Waals surface area contributed by atoms with E-state index in [1.807, 2.05) is 6.92 Å². The Balaban J connectivity index is 1.56. The monoisotopic (exact) mass is 412 g/mol. The van der Waals surface area contributed by atoms with Gasteiger partial charge in [-0.1, -0.05) is 65.5 Å². The molecule has 30 heavy (non-hydrogen) atoms. The molecule has 0 N–H and O–H groups in total. The zero-order valence-corrected chi connectivity index (χ0v) is 20.8. The average molecular weight is 413 g/mol. The fourth-order valence-electron chi connectivity index (χ4n) is 9.26. The van der Waals surface area contributed by atoms with E-state index >= 15 is 0 Å². The Kier molecular flexibility index (Phi) is 6.33. The van der Waals surface area contributed by atoms with Crippen LogP contribution in [0.5, 0.6) is 0 Å². The molecule has 0 aliphatic heterocycles. The van der Waals surface area contributed by atoms with Gasteiger partial charge in [-0.15, -0.1) is 0 Å². The molecule has 8 atom stereocenters. The van der Waals surface area contributed by atoms with Crippen LogP contribution in [0, 0.1) is 52.3 Å². The highest BCUT2D eigenvalue weighted by molar-refractivity contribution is 5.82. The van der Waals surface area contributed by atoms with Crippen LogP contribution in [0.4, 0.5) is 0 Å². The molecule has 0 amide bonds. The van der Waals surface area contributed by atoms with E-state index in [2.05, 4.69) is 40.7 Å². The third-order valence-electron chi connectivity index (χ3n) is 10.8. The fourth-order valence-corrected chi connectivity index (χ4v) is 9.26. The van der Waals surface area contributed by atoms with Gasteiger partial charge in [-0.05, 0) is 105 Å². The van der Waals surface area contributed by atoms with Crippen LogP contribution in [0.15, 0.2) is 11.6 Å². The van der Waals surface area contributed by atoms with E-state index in [0.29, 0.717) is 16.6 Å². The highest BCUT2D eigenvalue weighted by Crippen LogP contribution is 2.68. The minimum absolute atomic E-state index is 0.224. The molecule has 0 aromatic rings. The molecule has 3 fully saturated rings. The van der Waals surface area contributed by atoms with Crippen molar-refractivity contribution in [1.29, 1.82) is 0 Å². The van der Waals surface area contributed by atoms with Gasteiger partial charge in [0.05, 0.1) is 0 Å². The van der Waals surface area contributed by atoms with Gasteiger partial charge in [-0.2, -0.15) is 0 Å². The first-order valence-corrected chi connectivity index (χ1v) is 13.4. The van der Waals surface area contributed by atoms with E-state index in [0.717, 1.165) is 41.9 Å². The zero-order valence-electron chi connectivity index (χ0n) is 20.8. The van der Waals surface area contributed by atoms with E-state index in [1.54, 1.807) is 5.57 Å². The average Bonchev–Trinajstić information content (AvgIpc) is 3.03. The number of hydrogen-bond acceptors (Lipinski definition) is 1. The Morgan fingerprint density at radius 3 is 2.53 bits per heavy atom. The van der Waals surface area contributed by atoms with Crippen molar-refractivity contribution in [3.63, 3.8) is 0 Å². The molecule has 3 saturated carbocycles. The predicted molar refractivity (Wildman–Crippen MR) is 127 cm³/mol. The summed E-state index contributed by atoms with van der Waals surface area (Å²) in [6.07, 6.45) is 17.4. The number of ketones is 1. The van der Waals surface area contributed by atoms with Gasteiger partial charge in [-0.25, -0.2) is 0 Å². The number of carbonyl (C=O) groups is 1. The summed E-state index contributed by atoms with van der Waals surface area (Å²) in [4.78, 5) is 12.7. The summed E-state index contributed by atoms with van der Waals surface area (Å²) in [6, 6.07) is 0. The highest BCUT2D eigenvalue weighted by atomic mass is 16.1. The van der Waals surface area contributed by atoms with Gasteiger partial charge in [0.25, 0.3) is 0 Å². The van der Waals surface area contributed by atoms with Crippen molar-refractivity contribution in [2.75, 3.05) is 0 Å². The molecule has 1 nitrogen and oxygen atoms in total. The molecule has 0 aromatic heterocycles. The van der Waals surface area contributed by atoms with E-state index in [1.165, 1.54) is 64.2 Å². The zero-order chi connectivity index (χ0) is 21.7. The molecule has 0 radical (unpaired) electrons. The van der Waals surface area contributed by atoms with Crippen LogP contribution in [-0.4, -0.2) is 5.78 Å². The number of carbonyl (C=O) groups excluding carboxylic acids is 1. The van der Waals surface area contributed by atoms with E-state index in [4.69, 9.17) is 0 Å². The number of Topliss-reactive ketones (excluding diaryl/α,β-unsaturated/α-hetero) is 1. The van der Waals surface area contributed by atoms with E-state index in [9.17, 15) is 4.79 Å². The molecular formula is C29H48O. The fraction of sp³-hybridized carbons (Fsp3) is 0.897. The summed E-state index contributed by atoms with van der Waals surface area (Å²) in [5, 5.41) is 0. The molecule has 0 unspecified atom stereocenters. The van der Waals surface area contributed by atoms with Crippen LogP contribution >= 0.6 is 0 Å². The summed E-state index contributed by atoms with van der Waals surface area (Å²) in [5.74, 6) is 5.74. The lowest BCUT2D eigenvalue weighted by molar-refractivity contribution is -0.126. The molecule has 4 rings (SSSR count). The summed E-state index contributed by atoms with van der Waals surface area (Å²) >= 11 is 0. The van der Waals surface area contributed by atoms with Crippen LogP contribution in [0.25, 0.3) is 0 Å². The SMILES string of the molecule is CC(=O)[C@H]1C[C@H]2[C@@H]3CC[C@H]([C@H](C)CCCC(C)C)[C@@]3(C)CC[C@@H]2[C@@]2(C)CCCC=C12. The van der Waals surface area contributed by atoms with Crippen molar-refractivity contribution in [1.82, 2.24) is 0 Å². The minimum Gasteiger partial charge on any atom is -0.299 e. The maximum Gasteiger partial charge on any atom is 0.136 e. The molecule has 0 aromatic carbocycles. The van der Waals surface area contributed by atoms with Crippen LogP contribution in [0.1, 0.15) is 112 Å². The topological polar surface area (TPSA) is 17.1 Å². The van der Waals surface area contributed by atoms with Crippen molar-refractivity contribution < 1.29 is 4.79 Å². The molecule has 4 aliphatic rings. The van der Waals surface area contributed by atoms with Gasteiger partial charge in [0, 0.05) is 5.92 Å². The summed E-state index contributed by atoms with van der Waals surface area (Å²) in [6.45, 7) is 14.4. The molecule has 0 bridgehead atoms. The number of rotatable bonds is 6. The third-order valence-corrected chi connectivity index (χ3v) is 10.8. The Morgan fingerprint density at radius 2 is 1.83 bits per heavy atom. The van der Waals surface area contributed by atoms with Crippen molar-refractivity contribution >= 4 is 5.78 Å². The van der Waals surface area contributed by atoms with Crippen molar-refractivity contribution in [2.45, 2.75) is 112 Å².